The van der Waals surface area contributed by atoms with Crippen molar-refractivity contribution in [3.05, 3.63) is 58.2 Å². The van der Waals surface area contributed by atoms with E-state index in [0.29, 0.717) is 10.8 Å². The number of fused-ring (bicyclic) bond motifs is 1. The van der Waals surface area contributed by atoms with Crippen LogP contribution in [0.5, 0.6) is 0 Å². The zero-order valence-corrected chi connectivity index (χ0v) is 11.6. The Morgan fingerprint density at radius 2 is 1.78 bits per heavy atom. The molecule has 1 heterocycles. The van der Waals surface area contributed by atoms with Crippen LogP contribution in [-0.4, -0.2) is 9.97 Å². The van der Waals surface area contributed by atoms with Crippen molar-refractivity contribution in [1.82, 2.24) is 9.97 Å². The largest absolute Gasteiger partial charge is 0.236 e. The van der Waals surface area contributed by atoms with E-state index in [-0.39, 0.29) is 0 Å². The predicted octanol–water partition coefficient (Wildman–Crippen LogP) is 4.71. The Kier molecular flexibility index (Phi) is 3.02. The number of aromatic nitrogens is 2. The molecule has 0 aliphatic heterocycles. The SMILES string of the molecule is Clc1cccc2cnc(-c3ccc(Br)cc3)nc12. The minimum Gasteiger partial charge on any atom is -0.236 e. The average Bonchev–Trinajstić information content (AvgIpc) is 2.40. The fraction of sp³-hybridized carbons (Fsp3) is 0. The van der Waals surface area contributed by atoms with Crippen LogP contribution in [0.15, 0.2) is 53.1 Å². The number of para-hydroxylation sites is 1. The third-order valence-electron chi connectivity index (χ3n) is 2.66. The molecule has 2 nitrogen and oxygen atoms in total. The fourth-order valence-electron chi connectivity index (χ4n) is 1.76. The van der Waals surface area contributed by atoms with E-state index in [1.165, 1.54) is 0 Å². The minimum absolute atomic E-state index is 0.647. The van der Waals surface area contributed by atoms with E-state index in [0.717, 1.165) is 20.9 Å². The van der Waals surface area contributed by atoms with E-state index in [4.69, 9.17) is 11.6 Å². The van der Waals surface area contributed by atoms with Crippen LogP contribution in [0.25, 0.3) is 22.3 Å². The van der Waals surface area contributed by atoms with Crippen LogP contribution >= 0.6 is 27.5 Å². The van der Waals surface area contributed by atoms with E-state index in [2.05, 4.69) is 25.9 Å². The lowest BCUT2D eigenvalue weighted by molar-refractivity contribution is 1.23. The molecule has 0 saturated heterocycles. The average molecular weight is 320 g/mol. The number of hydrogen-bond acceptors (Lipinski definition) is 2. The van der Waals surface area contributed by atoms with Gasteiger partial charge in [-0.3, -0.25) is 0 Å². The van der Waals surface area contributed by atoms with Crippen LogP contribution < -0.4 is 0 Å². The Hall–Kier alpha value is -1.45. The molecule has 0 atom stereocenters. The van der Waals surface area contributed by atoms with E-state index >= 15 is 0 Å². The number of benzene rings is 2. The topological polar surface area (TPSA) is 25.8 Å². The van der Waals surface area contributed by atoms with Gasteiger partial charge in [0.1, 0.15) is 0 Å². The van der Waals surface area contributed by atoms with Crippen molar-refractivity contribution < 1.29 is 0 Å². The maximum absolute atomic E-state index is 6.14. The fourth-order valence-corrected chi connectivity index (χ4v) is 2.25. The maximum atomic E-state index is 6.14. The van der Waals surface area contributed by atoms with Crippen molar-refractivity contribution in [3.8, 4) is 11.4 Å². The van der Waals surface area contributed by atoms with Crippen molar-refractivity contribution in [2.24, 2.45) is 0 Å². The molecule has 18 heavy (non-hydrogen) atoms. The van der Waals surface area contributed by atoms with Crippen molar-refractivity contribution in [3.63, 3.8) is 0 Å². The first kappa shape index (κ1) is 11.6. The number of rotatable bonds is 1. The lowest BCUT2D eigenvalue weighted by Crippen LogP contribution is -1.90. The van der Waals surface area contributed by atoms with E-state index < -0.39 is 0 Å². The van der Waals surface area contributed by atoms with Crippen LogP contribution in [0.2, 0.25) is 5.02 Å². The first-order valence-corrected chi connectivity index (χ1v) is 6.58. The van der Waals surface area contributed by atoms with Crippen LogP contribution in [-0.2, 0) is 0 Å². The summed E-state index contributed by atoms with van der Waals surface area (Å²) in [6.07, 6.45) is 1.80. The normalized spacial score (nSPS) is 10.8. The molecule has 0 aliphatic carbocycles. The highest BCUT2D eigenvalue weighted by Gasteiger charge is 2.05. The quantitative estimate of drug-likeness (QED) is 0.649. The van der Waals surface area contributed by atoms with Gasteiger partial charge in [0.25, 0.3) is 0 Å². The highest BCUT2D eigenvalue weighted by molar-refractivity contribution is 9.10. The van der Waals surface area contributed by atoms with Gasteiger partial charge in [-0.05, 0) is 18.2 Å². The van der Waals surface area contributed by atoms with Crippen molar-refractivity contribution in [2.75, 3.05) is 0 Å². The zero-order valence-electron chi connectivity index (χ0n) is 9.27. The van der Waals surface area contributed by atoms with Gasteiger partial charge in [-0.15, -0.1) is 0 Å². The summed E-state index contributed by atoms with van der Waals surface area (Å²) in [7, 11) is 0. The Labute approximate surface area is 118 Å². The summed E-state index contributed by atoms with van der Waals surface area (Å²) in [5, 5.41) is 1.59. The van der Waals surface area contributed by atoms with Crippen LogP contribution in [0, 0.1) is 0 Å². The van der Waals surface area contributed by atoms with Gasteiger partial charge in [0, 0.05) is 21.6 Å². The maximum Gasteiger partial charge on any atom is 0.159 e. The van der Waals surface area contributed by atoms with Crippen molar-refractivity contribution in [2.45, 2.75) is 0 Å². The van der Waals surface area contributed by atoms with Crippen molar-refractivity contribution >= 4 is 38.4 Å². The molecule has 0 amide bonds. The lowest BCUT2D eigenvalue weighted by atomic mass is 10.2. The molecule has 0 bridgehead atoms. The monoisotopic (exact) mass is 318 g/mol. The van der Waals surface area contributed by atoms with E-state index in [1.807, 2.05) is 42.5 Å². The van der Waals surface area contributed by atoms with E-state index in [1.54, 1.807) is 6.20 Å². The predicted molar refractivity (Wildman–Crippen MR) is 77.7 cm³/mol. The molecule has 0 fully saturated rings. The first-order chi connectivity index (χ1) is 8.74. The molecule has 0 saturated carbocycles. The highest BCUT2D eigenvalue weighted by atomic mass is 79.9. The summed E-state index contributed by atoms with van der Waals surface area (Å²) in [6, 6.07) is 13.6. The summed E-state index contributed by atoms with van der Waals surface area (Å²) in [5.41, 5.74) is 1.76. The molecule has 2 aromatic carbocycles. The summed E-state index contributed by atoms with van der Waals surface area (Å²) < 4.78 is 1.03. The molecule has 1 aromatic heterocycles. The van der Waals surface area contributed by atoms with Gasteiger partial charge in [0.15, 0.2) is 5.82 Å². The first-order valence-electron chi connectivity index (χ1n) is 5.41. The lowest BCUT2D eigenvalue weighted by Gasteiger charge is -2.03. The smallest absolute Gasteiger partial charge is 0.159 e. The molecule has 3 rings (SSSR count). The molecule has 0 aliphatic rings. The van der Waals surface area contributed by atoms with Crippen LogP contribution in [0.3, 0.4) is 0 Å². The molecule has 0 unspecified atom stereocenters. The third-order valence-corrected chi connectivity index (χ3v) is 3.50. The summed E-state index contributed by atoms with van der Waals surface area (Å²) in [6.45, 7) is 0. The summed E-state index contributed by atoms with van der Waals surface area (Å²) in [5.74, 6) is 0.683. The van der Waals surface area contributed by atoms with Crippen LogP contribution in [0.4, 0.5) is 0 Å². The molecule has 0 spiro atoms. The number of hydrogen-bond donors (Lipinski definition) is 0. The van der Waals surface area contributed by atoms with Gasteiger partial charge < -0.3 is 0 Å². The summed E-state index contributed by atoms with van der Waals surface area (Å²) in [4.78, 5) is 8.88. The number of halogens is 2. The zero-order chi connectivity index (χ0) is 12.5. The van der Waals surface area contributed by atoms with Crippen LogP contribution in [0.1, 0.15) is 0 Å². The Morgan fingerprint density at radius 1 is 1.00 bits per heavy atom. The molecular formula is C14H8BrClN2. The second-order valence-electron chi connectivity index (χ2n) is 3.88. The molecule has 4 heteroatoms. The Balaban J connectivity index is 2.18. The van der Waals surface area contributed by atoms with Gasteiger partial charge in [-0.25, -0.2) is 9.97 Å². The standard InChI is InChI=1S/C14H8BrClN2/c15-11-6-4-9(5-7-11)14-17-8-10-2-1-3-12(16)13(10)18-14/h1-8H. The second-order valence-corrected chi connectivity index (χ2v) is 5.20. The third kappa shape index (κ3) is 2.11. The Morgan fingerprint density at radius 3 is 2.56 bits per heavy atom. The Bertz CT molecular complexity index is 711. The molecule has 0 N–H and O–H groups in total. The summed E-state index contributed by atoms with van der Waals surface area (Å²) >= 11 is 9.55. The van der Waals surface area contributed by atoms with Gasteiger partial charge in [0.05, 0.1) is 10.5 Å². The minimum atomic E-state index is 0.647. The molecule has 3 aromatic rings. The van der Waals surface area contributed by atoms with Gasteiger partial charge in [-0.1, -0.05) is 51.8 Å². The van der Waals surface area contributed by atoms with Gasteiger partial charge in [-0.2, -0.15) is 0 Å². The number of nitrogens with zero attached hydrogens (tertiary/aromatic N) is 2. The second kappa shape index (κ2) is 4.67. The van der Waals surface area contributed by atoms with Gasteiger partial charge in [0.2, 0.25) is 0 Å². The molecular weight excluding hydrogens is 312 g/mol. The van der Waals surface area contributed by atoms with Crippen molar-refractivity contribution in [1.29, 1.82) is 0 Å². The molecule has 0 radical (unpaired) electrons. The molecule has 88 valence electrons. The van der Waals surface area contributed by atoms with Gasteiger partial charge >= 0.3 is 0 Å². The van der Waals surface area contributed by atoms with E-state index in [9.17, 15) is 0 Å². The highest BCUT2D eigenvalue weighted by Crippen LogP contribution is 2.24.